The Bertz CT molecular complexity index is 1270. The van der Waals surface area contributed by atoms with Gasteiger partial charge in [0.2, 0.25) is 5.91 Å². The second-order valence-electron chi connectivity index (χ2n) is 8.58. The van der Waals surface area contributed by atoms with Gasteiger partial charge in [0.05, 0.1) is 17.7 Å². The predicted molar refractivity (Wildman–Crippen MR) is 122 cm³/mol. The molecular weight excluding hydrogens is 444 g/mol. The van der Waals surface area contributed by atoms with Crippen molar-refractivity contribution in [2.45, 2.75) is 45.6 Å². The van der Waals surface area contributed by atoms with Crippen molar-refractivity contribution in [2.24, 2.45) is 0 Å². The van der Waals surface area contributed by atoms with Crippen molar-refractivity contribution in [1.29, 1.82) is 0 Å². The van der Waals surface area contributed by atoms with Gasteiger partial charge in [0.25, 0.3) is 5.91 Å². The molecule has 1 atom stereocenters. The van der Waals surface area contributed by atoms with Crippen LogP contribution in [0.2, 0.25) is 0 Å². The predicted octanol–water partition coefficient (Wildman–Crippen LogP) is 5.06. The van der Waals surface area contributed by atoms with Gasteiger partial charge < -0.3 is 14.4 Å². The van der Waals surface area contributed by atoms with E-state index in [0.29, 0.717) is 35.3 Å². The summed E-state index contributed by atoms with van der Waals surface area (Å²) in [5.74, 6) is -1.11. The first-order valence-corrected chi connectivity index (χ1v) is 11.3. The van der Waals surface area contributed by atoms with Crippen LogP contribution in [-0.4, -0.2) is 47.0 Å². The molecule has 1 amide bonds. The second kappa shape index (κ2) is 9.40. The van der Waals surface area contributed by atoms with E-state index in [2.05, 4.69) is 4.98 Å². The zero-order valence-electron chi connectivity index (χ0n) is 19.7. The quantitative estimate of drug-likeness (QED) is 0.503. The van der Waals surface area contributed by atoms with Crippen LogP contribution in [0.4, 0.5) is 8.78 Å². The molecule has 34 heavy (non-hydrogen) atoms. The van der Waals surface area contributed by atoms with Crippen LogP contribution in [0.3, 0.4) is 0 Å². The minimum absolute atomic E-state index is 0.0852. The number of benzene rings is 2. The summed E-state index contributed by atoms with van der Waals surface area (Å²) in [4.78, 5) is 31.7. The number of aryl methyl sites for hydroxylation is 1. The van der Waals surface area contributed by atoms with Crippen LogP contribution in [0, 0.1) is 18.6 Å². The minimum atomic E-state index is -0.779. The molecule has 7 nitrogen and oxygen atoms in total. The molecule has 1 aliphatic heterocycles. The molecule has 0 spiro atoms. The van der Waals surface area contributed by atoms with Gasteiger partial charge in [-0.05, 0) is 25.5 Å². The second-order valence-corrected chi connectivity index (χ2v) is 8.58. The first-order chi connectivity index (χ1) is 16.2. The maximum absolute atomic E-state index is 14.7. The van der Waals surface area contributed by atoms with Gasteiger partial charge in [0, 0.05) is 44.6 Å². The summed E-state index contributed by atoms with van der Waals surface area (Å²) in [5.41, 5.74) is 1.27. The first kappa shape index (κ1) is 23.7. The summed E-state index contributed by atoms with van der Waals surface area (Å²) in [5, 5.41) is 0. The van der Waals surface area contributed by atoms with Gasteiger partial charge in [-0.15, -0.1) is 0 Å². The molecule has 3 aromatic rings. The highest BCUT2D eigenvalue weighted by Gasteiger charge is 2.30. The number of carbonyl (C=O) groups excluding carboxylic acids is 2. The maximum Gasteiger partial charge on any atom is 0.253 e. The molecule has 0 saturated carbocycles. The Morgan fingerprint density at radius 3 is 2.71 bits per heavy atom. The molecule has 2 heterocycles. The molecule has 0 fully saturated rings. The number of unbranched alkanes of at least 4 members (excludes halogenated alkanes) is 1. The summed E-state index contributed by atoms with van der Waals surface area (Å²) in [6.07, 6.45) is 1.48. The van der Waals surface area contributed by atoms with Crippen LogP contribution in [0.15, 0.2) is 24.3 Å². The third-order valence-electron chi connectivity index (χ3n) is 5.82. The van der Waals surface area contributed by atoms with E-state index in [1.165, 1.54) is 9.47 Å². The van der Waals surface area contributed by atoms with Crippen LogP contribution < -0.4 is 9.47 Å². The van der Waals surface area contributed by atoms with Gasteiger partial charge in [0.15, 0.2) is 0 Å². The summed E-state index contributed by atoms with van der Waals surface area (Å²) >= 11 is 0. The molecule has 0 unspecified atom stereocenters. The van der Waals surface area contributed by atoms with Crippen molar-refractivity contribution in [3.63, 3.8) is 0 Å². The van der Waals surface area contributed by atoms with E-state index in [-0.39, 0.29) is 35.5 Å². The van der Waals surface area contributed by atoms with Gasteiger partial charge in [0.1, 0.15) is 40.6 Å². The fourth-order valence-corrected chi connectivity index (χ4v) is 4.17. The Morgan fingerprint density at radius 2 is 2.00 bits per heavy atom. The zero-order chi connectivity index (χ0) is 24.6. The average Bonchev–Trinajstić information content (AvgIpc) is 3.12. The highest BCUT2D eigenvalue weighted by Crippen LogP contribution is 2.40. The lowest BCUT2D eigenvalue weighted by Crippen LogP contribution is -2.23. The van der Waals surface area contributed by atoms with E-state index in [1.54, 1.807) is 33.2 Å². The van der Waals surface area contributed by atoms with Crippen LogP contribution in [0.1, 0.15) is 65.3 Å². The summed E-state index contributed by atoms with van der Waals surface area (Å²) in [6, 6.07) is 5.09. The Labute approximate surface area is 196 Å². The van der Waals surface area contributed by atoms with Gasteiger partial charge >= 0.3 is 0 Å². The lowest BCUT2D eigenvalue weighted by Gasteiger charge is -2.27. The summed E-state index contributed by atoms with van der Waals surface area (Å²) < 4.78 is 41.5. The Kier molecular flexibility index (Phi) is 6.54. The Morgan fingerprint density at radius 1 is 1.24 bits per heavy atom. The van der Waals surface area contributed by atoms with Crippen molar-refractivity contribution >= 4 is 22.8 Å². The topological polar surface area (TPSA) is 73.7 Å². The van der Waals surface area contributed by atoms with Crippen LogP contribution in [0.25, 0.3) is 11.0 Å². The highest BCUT2D eigenvalue weighted by atomic mass is 19.1. The molecule has 4 rings (SSSR count). The van der Waals surface area contributed by atoms with Gasteiger partial charge in [-0.25, -0.2) is 13.8 Å². The largest absolute Gasteiger partial charge is 0.493 e. The van der Waals surface area contributed by atoms with Crippen molar-refractivity contribution in [2.75, 3.05) is 20.7 Å². The molecule has 9 heteroatoms. The van der Waals surface area contributed by atoms with Crippen molar-refractivity contribution < 1.29 is 27.8 Å². The van der Waals surface area contributed by atoms with Crippen LogP contribution in [-0.2, 0) is 0 Å². The summed E-state index contributed by atoms with van der Waals surface area (Å²) in [7, 11) is 3.25. The summed E-state index contributed by atoms with van der Waals surface area (Å²) in [6.45, 7) is 3.93. The molecule has 1 aliphatic rings. The number of imidazole rings is 1. The highest BCUT2D eigenvalue weighted by molar-refractivity contribution is 6.01. The number of amides is 1. The number of hydrogen-bond acceptors (Lipinski definition) is 5. The van der Waals surface area contributed by atoms with Crippen molar-refractivity contribution in [1.82, 2.24) is 14.5 Å². The molecule has 2 aromatic carbocycles. The molecule has 0 N–H and O–H groups in total. The number of carbonyl (C=O) groups is 2. The molecule has 0 bridgehead atoms. The number of aromatic nitrogens is 2. The molecular formula is C25H27F2N3O4. The first-order valence-electron chi connectivity index (χ1n) is 11.3. The lowest BCUT2D eigenvalue weighted by molar-refractivity contribution is 0.0824. The average molecular weight is 472 g/mol. The number of nitrogens with zero attached hydrogens (tertiary/aromatic N) is 3. The van der Waals surface area contributed by atoms with E-state index >= 15 is 0 Å². The van der Waals surface area contributed by atoms with E-state index < -0.39 is 17.7 Å². The number of fused-ring (bicyclic) bond motifs is 2. The van der Waals surface area contributed by atoms with Crippen LogP contribution in [0.5, 0.6) is 11.5 Å². The van der Waals surface area contributed by atoms with Gasteiger partial charge in [-0.2, -0.15) is 0 Å². The third-order valence-corrected chi connectivity index (χ3v) is 5.82. The number of hydrogen-bond donors (Lipinski definition) is 0. The molecule has 1 aromatic heterocycles. The SMILES string of the molecule is CCCCC(=O)n1c(C)nc2c(O[C@H]3CCOc4cc(F)cc(F)c43)cc(C(=O)N(C)C)cc21. The lowest BCUT2D eigenvalue weighted by atomic mass is 10.0. The Hall–Kier alpha value is -3.49. The fraction of sp³-hybridized carbons (Fsp3) is 0.400. The standard InChI is InChI=1S/C25H27F2N3O4/c1-5-6-7-22(31)30-14(2)28-24-18(30)10-15(25(32)29(3)4)11-21(24)34-19-8-9-33-20-13-16(26)12-17(27)23(19)20/h10-13,19H,5-9H2,1-4H3/t19-/m0/s1. The normalized spacial score (nSPS) is 15.1. The third kappa shape index (κ3) is 4.34. The number of halogens is 2. The van der Waals surface area contributed by atoms with Crippen LogP contribution >= 0.6 is 0 Å². The van der Waals surface area contributed by atoms with Gasteiger partial charge in [-0.1, -0.05) is 13.3 Å². The smallest absolute Gasteiger partial charge is 0.253 e. The minimum Gasteiger partial charge on any atom is -0.493 e. The Balaban J connectivity index is 1.85. The van der Waals surface area contributed by atoms with Crippen molar-refractivity contribution in [3.05, 3.63) is 52.9 Å². The molecule has 180 valence electrons. The molecule has 0 aliphatic carbocycles. The zero-order valence-corrected chi connectivity index (χ0v) is 19.7. The fourth-order valence-electron chi connectivity index (χ4n) is 4.17. The number of ether oxygens (including phenoxy) is 2. The molecule has 0 saturated heterocycles. The maximum atomic E-state index is 14.7. The van der Waals surface area contributed by atoms with E-state index in [4.69, 9.17) is 9.47 Å². The molecule has 0 radical (unpaired) electrons. The van der Waals surface area contributed by atoms with Crippen molar-refractivity contribution in [3.8, 4) is 11.5 Å². The van der Waals surface area contributed by atoms with Gasteiger partial charge in [-0.3, -0.25) is 14.2 Å². The van der Waals surface area contributed by atoms with E-state index in [1.807, 2.05) is 6.92 Å². The monoisotopic (exact) mass is 471 g/mol. The van der Waals surface area contributed by atoms with E-state index in [0.717, 1.165) is 25.0 Å². The number of rotatable bonds is 6. The van der Waals surface area contributed by atoms with E-state index in [9.17, 15) is 18.4 Å².